The molecule has 1 atom stereocenters. The minimum atomic E-state index is -0.217. The number of hydrogen-bond donors (Lipinski definition) is 0. The maximum absolute atomic E-state index is 6.19. The average Bonchev–Trinajstić information content (AvgIpc) is 2.63. The highest BCUT2D eigenvalue weighted by Crippen LogP contribution is 2.37. The van der Waals surface area contributed by atoms with Gasteiger partial charge in [0.1, 0.15) is 5.71 Å². The van der Waals surface area contributed by atoms with Gasteiger partial charge in [0.25, 0.3) is 0 Å². The molecule has 0 saturated heterocycles. The van der Waals surface area contributed by atoms with Gasteiger partial charge in [-0.15, -0.1) is 0 Å². The lowest BCUT2D eigenvalue weighted by molar-refractivity contribution is 0.342. The van der Waals surface area contributed by atoms with Crippen molar-refractivity contribution in [2.24, 2.45) is 4.99 Å². The molecule has 5 heteroatoms. The third-order valence-corrected chi connectivity index (χ3v) is 5.17. The molecule has 0 N–H and O–H groups in total. The highest BCUT2D eigenvalue weighted by molar-refractivity contribution is 9.10. The van der Waals surface area contributed by atoms with Crippen molar-refractivity contribution in [2.45, 2.75) is 10.3 Å². The van der Waals surface area contributed by atoms with Gasteiger partial charge < -0.3 is 4.74 Å². The van der Waals surface area contributed by atoms with Crippen LogP contribution in [0.4, 0.5) is 5.82 Å². The molecule has 0 aliphatic carbocycles. The van der Waals surface area contributed by atoms with Crippen molar-refractivity contribution in [3.05, 3.63) is 83.0 Å². The lowest BCUT2D eigenvalue weighted by atomic mass is 10.1. The van der Waals surface area contributed by atoms with Crippen LogP contribution in [0.3, 0.4) is 0 Å². The molecular weight excluding hydrogens is 384 g/mol. The predicted molar refractivity (Wildman–Crippen MR) is 101 cm³/mol. The van der Waals surface area contributed by atoms with E-state index in [1.165, 1.54) is 0 Å². The maximum Gasteiger partial charge on any atom is 0.195 e. The topological polar surface area (TPSA) is 34.5 Å². The zero-order valence-electron chi connectivity index (χ0n) is 12.6. The Morgan fingerprint density at radius 3 is 2.50 bits per heavy atom. The molecule has 0 bridgehead atoms. The van der Waals surface area contributed by atoms with Crippen LogP contribution in [0.2, 0.25) is 0 Å². The monoisotopic (exact) mass is 396 g/mol. The summed E-state index contributed by atoms with van der Waals surface area (Å²) < 4.78 is 7.23. The molecule has 1 aliphatic heterocycles. The molecule has 1 aliphatic rings. The van der Waals surface area contributed by atoms with Crippen LogP contribution in [0.15, 0.2) is 87.3 Å². The minimum Gasteiger partial charge on any atom is -0.469 e. The smallest absolute Gasteiger partial charge is 0.195 e. The largest absolute Gasteiger partial charge is 0.469 e. The van der Waals surface area contributed by atoms with Crippen LogP contribution < -0.4 is 4.74 Å². The molecule has 118 valence electrons. The number of thioether (sulfide) groups is 1. The van der Waals surface area contributed by atoms with Crippen molar-refractivity contribution < 1.29 is 4.74 Å². The van der Waals surface area contributed by atoms with Crippen LogP contribution in [0.1, 0.15) is 5.56 Å². The molecule has 0 radical (unpaired) electrons. The zero-order chi connectivity index (χ0) is 16.4. The molecular formula is C19H13BrN2OS. The number of halogens is 1. The third kappa shape index (κ3) is 3.23. The molecule has 3 aromatic rings. The number of nitrogens with zero attached hydrogens (tertiary/aromatic N) is 2. The number of aromatic nitrogens is 1. The Bertz CT molecular complexity index is 881. The van der Waals surface area contributed by atoms with Crippen molar-refractivity contribution >= 4 is 39.2 Å². The number of ether oxygens (including phenoxy) is 1. The first kappa shape index (κ1) is 15.4. The summed E-state index contributed by atoms with van der Waals surface area (Å²) in [6, 6.07) is 22.1. The highest BCUT2D eigenvalue weighted by atomic mass is 79.9. The summed E-state index contributed by atoms with van der Waals surface area (Å²) in [6.45, 7) is 0. The van der Waals surface area contributed by atoms with E-state index in [0.29, 0.717) is 11.6 Å². The standard InChI is InChI=1S/C19H13BrN2OS/c20-14-10-8-13(9-11-14)17-19(24-15-5-2-1-3-6-15)23-16-7-4-12-21-18(16)22-17/h1-12,19H. The number of pyridine rings is 1. The van der Waals surface area contributed by atoms with Gasteiger partial charge >= 0.3 is 0 Å². The highest BCUT2D eigenvalue weighted by Gasteiger charge is 2.27. The van der Waals surface area contributed by atoms with E-state index in [-0.39, 0.29) is 5.44 Å². The SMILES string of the molecule is Brc1ccc(C2=Nc3ncccc3OC2Sc2ccccc2)cc1. The van der Waals surface area contributed by atoms with Gasteiger partial charge in [0.2, 0.25) is 0 Å². The van der Waals surface area contributed by atoms with E-state index < -0.39 is 0 Å². The molecule has 1 unspecified atom stereocenters. The zero-order valence-corrected chi connectivity index (χ0v) is 15.0. The number of benzene rings is 2. The lowest BCUT2D eigenvalue weighted by Crippen LogP contribution is -2.27. The fourth-order valence-electron chi connectivity index (χ4n) is 2.42. The van der Waals surface area contributed by atoms with E-state index >= 15 is 0 Å². The van der Waals surface area contributed by atoms with Crippen LogP contribution in [-0.2, 0) is 0 Å². The Kier molecular flexibility index (Phi) is 4.36. The van der Waals surface area contributed by atoms with Crippen LogP contribution in [0.5, 0.6) is 5.75 Å². The van der Waals surface area contributed by atoms with E-state index in [9.17, 15) is 0 Å². The lowest BCUT2D eigenvalue weighted by Gasteiger charge is -2.25. The molecule has 2 aromatic carbocycles. The van der Waals surface area contributed by atoms with Crippen molar-refractivity contribution in [2.75, 3.05) is 0 Å². The first-order chi connectivity index (χ1) is 11.8. The van der Waals surface area contributed by atoms with Crippen LogP contribution in [0, 0.1) is 0 Å². The molecule has 2 heterocycles. The normalized spacial score (nSPS) is 16.0. The van der Waals surface area contributed by atoms with Gasteiger partial charge in [0, 0.05) is 21.1 Å². The third-order valence-electron chi connectivity index (χ3n) is 3.56. The second-order valence-electron chi connectivity index (χ2n) is 5.21. The van der Waals surface area contributed by atoms with E-state index in [4.69, 9.17) is 9.73 Å². The summed E-state index contributed by atoms with van der Waals surface area (Å²) in [5.74, 6) is 1.34. The van der Waals surface area contributed by atoms with Crippen LogP contribution >= 0.6 is 27.7 Å². The number of aliphatic imine (C=N–C) groups is 1. The van der Waals surface area contributed by atoms with Gasteiger partial charge in [0.15, 0.2) is 17.0 Å². The van der Waals surface area contributed by atoms with E-state index in [2.05, 4.69) is 33.0 Å². The maximum atomic E-state index is 6.19. The molecule has 4 rings (SSSR count). The van der Waals surface area contributed by atoms with Gasteiger partial charge in [0.05, 0.1) is 0 Å². The van der Waals surface area contributed by atoms with Gasteiger partial charge in [-0.25, -0.2) is 9.98 Å². The molecule has 1 aromatic heterocycles. The fourth-order valence-corrected chi connectivity index (χ4v) is 3.70. The second kappa shape index (κ2) is 6.79. The predicted octanol–water partition coefficient (Wildman–Crippen LogP) is 5.48. The van der Waals surface area contributed by atoms with Crippen molar-refractivity contribution in [3.8, 4) is 5.75 Å². The first-order valence-electron chi connectivity index (χ1n) is 7.47. The van der Waals surface area contributed by atoms with Crippen LogP contribution in [-0.4, -0.2) is 16.1 Å². The van der Waals surface area contributed by atoms with E-state index in [0.717, 1.165) is 20.6 Å². The quantitative estimate of drug-likeness (QED) is 0.587. The molecule has 0 saturated carbocycles. The molecule has 0 amide bonds. The Balaban J connectivity index is 1.75. The van der Waals surface area contributed by atoms with Gasteiger partial charge in [-0.2, -0.15) is 0 Å². The Morgan fingerprint density at radius 1 is 0.917 bits per heavy atom. The molecule has 0 fully saturated rings. The number of rotatable bonds is 3. The summed E-state index contributed by atoms with van der Waals surface area (Å²) in [6.07, 6.45) is 1.73. The van der Waals surface area contributed by atoms with Crippen molar-refractivity contribution in [1.29, 1.82) is 0 Å². The fraction of sp³-hybridized carbons (Fsp3) is 0.0526. The Hall–Kier alpha value is -2.11. The van der Waals surface area contributed by atoms with E-state index in [1.54, 1.807) is 18.0 Å². The summed E-state index contributed by atoms with van der Waals surface area (Å²) >= 11 is 5.12. The summed E-state index contributed by atoms with van der Waals surface area (Å²) in [4.78, 5) is 10.2. The Labute approximate surface area is 152 Å². The summed E-state index contributed by atoms with van der Waals surface area (Å²) in [5.41, 5.74) is 1.69. The van der Waals surface area contributed by atoms with Crippen molar-refractivity contribution in [1.82, 2.24) is 4.98 Å². The summed E-state index contributed by atoms with van der Waals surface area (Å²) in [7, 11) is 0. The minimum absolute atomic E-state index is 0.217. The van der Waals surface area contributed by atoms with Gasteiger partial charge in [-0.05, 0) is 36.4 Å². The molecule has 24 heavy (non-hydrogen) atoms. The Morgan fingerprint density at radius 2 is 1.71 bits per heavy atom. The first-order valence-corrected chi connectivity index (χ1v) is 9.15. The second-order valence-corrected chi connectivity index (χ2v) is 7.26. The van der Waals surface area contributed by atoms with Crippen LogP contribution in [0.25, 0.3) is 0 Å². The van der Waals surface area contributed by atoms with Gasteiger partial charge in [-0.3, -0.25) is 0 Å². The number of hydrogen-bond acceptors (Lipinski definition) is 4. The average molecular weight is 397 g/mol. The number of fused-ring (bicyclic) bond motifs is 1. The summed E-state index contributed by atoms with van der Waals surface area (Å²) in [5, 5.41) is 0. The van der Waals surface area contributed by atoms with E-state index in [1.807, 2.05) is 54.6 Å². The van der Waals surface area contributed by atoms with Gasteiger partial charge in [-0.1, -0.05) is 58.0 Å². The molecule has 3 nitrogen and oxygen atoms in total. The molecule has 0 spiro atoms. The van der Waals surface area contributed by atoms with Crippen molar-refractivity contribution in [3.63, 3.8) is 0 Å².